The fourth-order valence-electron chi connectivity index (χ4n) is 0.559. The lowest BCUT2D eigenvalue weighted by Crippen LogP contribution is -2.11. The second-order valence-corrected chi connectivity index (χ2v) is 2.22. The van der Waals surface area contributed by atoms with Crippen molar-refractivity contribution in [3.8, 4) is 0 Å². The average Bonchev–Trinajstić information content (AvgIpc) is 2.04. The third-order valence-electron chi connectivity index (χ3n) is 1.33. The van der Waals surface area contributed by atoms with E-state index in [1.54, 1.807) is 0 Å². The molecule has 0 bridgehead atoms. The zero-order chi connectivity index (χ0) is 8.69. The number of hydrogen-bond donors (Lipinski definition) is 1. The van der Waals surface area contributed by atoms with Crippen LogP contribution in [0.25, 0.3) is 0 Å². The number of rotatable bonds is 5. The number of ether oxygens (including phenoxy) is 1. The molecule has 0 amide bonds. The van der Waals surface area contributed by atoms with E-state index in [-0.39, 0.29) is 12.7 Å². The van der Waals surface area contributed by atoms with Crippen molar-refractivity contribution in [1.82, 2.24) is 0 Å². The molecule has 0 heterocycles. The largest absolute Gasteiger partial charge is 0.462 e. The lowest BCUT2D eigenvalue weighted by atomic mass is 10.2. The molecular formula is C8H14O3. The monoisotopic (exact) mass is 158 g/mol. The van der Waals surface area contributed by atoms with Gasteiger partial charge in [-0.1, -0.05) is 13.5 Å². The summed E-state index contributed by atoms with van der Waals surface area (Å²) in [4.78, 5) is 10.5. The van der Waals surface area contributed by atoms with Gasteiger partial charge in [0.25, 0.3) is 0 Å². The molecule has 0 spiro atoms. The molecule has 11 heavy (non-hydrogen) atoms. The van der Waals surface area contributed by atoms with E-state index < -0.39 is 5.97 Å². The molecule has 64 valence electrons. The molecule has 0 rings (SSSR count). The molecule has 3 heteroatoms. The molecular weight excluding hydrogens is 144 g/mol. The van der Waals surface area contributed by atoms with Crippen LogP contribution in [0.15, 0.2) is 12.7 Å². The second kappa shape index (κ2) is 5.92. The van der Waals surface area contributed by atoms with Crippen molar-refractivity contribution in [2.24, 2.45) is 0 Å². The van der Waals surface area contributed by atoms with E-state index in [0.29, 0.717) is 12.8 Å². The summed E-state index contributed by atoms with van der Waals surface area (Å²) in [5, 5.41) is 9.03. The minimum Gasteiger partial charge on any atom is -0.462 e. The third kappa shape index (κ3) is 5.61. The lowest BCUT2D eigenvalue weighted by molar-refractivity contribution is -0.138. The van der Waals surface area contributed by atoms with E-state index >= 15 is 0 Å². The SMILES string of the molecule is C=CC(=O)OCCC(O)CC. The van der Waals surface area contributed by atoms with Crippen LogP contribution in [-0.4, -0.2) is 23.8 Å². The highest BCUT2D eigenvalue weighted by Gasteiger charge is 2.01. The van der Waals surface area contributed by atoms with E-state index in [9.17, 15) is 4.79 Å². The molecule has 0 aromatic rings. The zero-order valence-corrected chi connectivity index (χ0v) is 6.75. The molecule has 0 saturated heterocycles. The third-order valence-corrected chi connectivity index (χ3v) is 1.33. The Hall–Kier alpha value is -0.830. The predicted octanol–water partition coefficient (Wildman–Crippen LogP) is 0.877. The number of aliphatic hydroxyl groups excluding tert-OH is 1. The van der Waals surface area contributed by atoms with E-state index in [0.717, 1.165) is 6.08 Å². The number of aliphatic hydroxyl groups is 1. The summed E-state index contributed by atoms with van der Waals surface area (Å²) >= 11 is 0. The van der Waals surface area contributed by atoms with Crippen molar-refractivity contribution in [3.05, 3.63) is 12.7 Å². The van der Waals surface area contributed by atoms with Crippen LogP contribution >= 0.6 is 0 Å². The summed E-state index contributed by atoms with van der Waals surface area (Å²) in [5.41, 5.74) is 0. The van der Waals surface area contributed by atoms with Crippen molar-refractivity contribution in [2.45, 2.75) is 25.9 Å². The molecule has 0 radical (unpaired) electrons. The van der Waals surface area contributed by atoms with Crippen LogP contribution < -0.4 is 0 Å². The first-order valence-corrected chi connectivity index (χ1v) is 3.68. The van der Waals surface area contributed by atoms with Gasteiger partial charge in [-0.25, -0.2) is 4.79 Å². The van der Waals surface area contributed by atoms with Crippen LogP contribution in [0.3, 0.4) is 0 Å². The van der Waals surface area contributed by atoms with Crippen LogP contribution in [-0.2, 0) is 9.53 Å². The Bertz CT molecular complexity index is 131. The van der Waals surface area contributed by atoms with Gasteiger partial charge in [0.2, 0.25) is 0 Å². The quantitative estimate of drug-likeness (QED) is 0.477. The highest BCUT2D eigenvalue weighted by molar-refractivity contribution is 5.81. The van der Waals surface area contributed by atoms with Gasteiger partial charge in [-0.3, -0.25) is 0 Å². The van der Waals surface area contributed by atoms with Gasteiger partial charge in [0, 0.05) is 12.5 Å². The molecule has 0 aliphatic heterocycles. The molecule has 0 aliphatic rings. The van der Waals surface area contributed by atoms with Gasteiger partial charge >= 0.3 is 5.97 Å². The Balaban J connectivity index is 3.26. The minimum atomic E-state index is -0.437. The number of hydrogen-bond acceptors (Lipinski definition) is 3. The first kappa shape index (κ1) is 10.2. The Labute approximate surface area is 66.7 Å². The molecule has 0 aromatic heterocycles. The normalized spacial score (nSPS) is 12.2. The lowest BCUT2D eigenvalue weighted by Gasteiger charge is -2.06. The van der Waals surface area contributed by atoms with Crippen molar-refractivity contribution in [1.29, 1.82) is 0 Å². The van der Waals surface area contributed by atoms with Crippen molar-refractivity contribution >= 4 is 5.97 Å². The predicted molar refractivity (Wildman–Crippen MR) is 42.1 cm³/mol. The van der Waals surface area contributed by atoms with E-state index in [4.69, 9.17) is 5.11 Å². The Kier molecular flexibility index (Phi) is 5.47. The second-order valence-electron chi connectivity index (χ2n) is 2.22. The average molecular weight is 158 g/mol. The van der Waals surface area contributed by atoms with Crippen LogP contribution in [0.1, 0.15) is 19.8 Å². The molecule has 1 atom stereocenters. The van der Waals surface area contributed by atoms with E-state index in [1.807, 2.05) is 6.92 Å². The smallest absolute Gasteiger partial charge is 0.330 e. The fourth-order valence-corrected chi connectivity index (χ4v) is 0.559. The summed E-state index contributed by atoms with van der Waals surface area (Å²) < 4.78 is 4.65. The maximum Gasteiger partial charge on any atom is 0.330 e. The van der Waals surface area contributed by atoms with Gasteiger partial charge < -0.3 is 9.84 Å². The highest BCUT2D eigenvalue weighted by Crippen LogP contribution is 1.96. The first-order chi connectivity index (χ1) is 5.20. The molecule has 1 unspecified atom stereocenters. The molecule has 1 N–H and O–H groups in total. The molecule has 0 saturated carbocycles. The van der Waals surface area contributed by atoms with Crippen molar-refractivity contribution < 1.29 is 14.6 Å². The molecule has 3 nitrogen and oxygen atoms in total. The molecule has 0 aromatic carbocycles. The van der Waals surface area contributed by atoms with Gasteiger partial charge in [-0.05, 0) is 6.42 Å². The van der Waals surface area contributed by atoms with Gasteiger partial charge in [0.05, 0.1) is 12.7 Å². The van der Waals surface area contributed by atoms with Gasteiger partial charge in [0.1, 0.15) is 0 Å². The summed E-state index contributed by atoms with van der Waals surface area (Å²) in [6.07, 6.45) is 1.92. The summed E-state index contributed by atoms with van der Waals surface area (Å²) in [6.45, 7) is 5.38. The number of carbonyl (C=O) groups excluding carboxylic acids is 1. The van der Waals surface area contributed by atoms with E-state index in [2.05, 4.69) is 11.3 Å². The first-order valence-electron chi connectivity index (χ1n) is 3.68. The fraction of sp³-hybridized carbons (Fsp3) is 0.625. The Morgan fingerprint density at radius 2 is 2.45 bits per heavy atom. The van der Waals surface area contributed by atoms with Crippen LogP contribution in [0.4, 0.5) is 0 Å². The van der Waals surface area contributed by atoms with Crippen molar-refractivity contribution in [2.75, 3.05) is 6.61 Å². The molecule has 0 fully saturated rings. The van der Waals surface area contributed by atoms with Gasteiger partial charge in [-0.2, -0.15) is 0 Å². The minimum absolute atomic E-state index is 0.264. The maximum atomic E-state index is 10.5. The summed E-state index contributed by atoms with van der Waals surface area (Å²) in [5.74, 6) is -0.437. The summed E-state index contributed by atoms with van der Waals surface area (Å²) in [7, 11) is 0. The van der Waals surface area contributed by atoms with Crippen LogP contribution in [0, 0.1) is 0 Å². The number of esters is 1. The Morgan fingerprint density at radius 1 is 1.82 bits per heavy atom. The summed E-state index contributed by atoms with van der Waals surface area (Å²) in [6, 6.07) is 0. The topological polar surface area (TPSA) is 46.5 Å². The highest BCUT2D eigenvalue weighted by atomic mass is 16.5. The van der Waals surface area contributed by atoms with Crippen LogP contribution in [0.2, 0.25) is 0 Å². The zero-order valence-electron chi connectivity index (χ0n) is 6.75. The van der Waals surface area contributed by atoms with Gasteiger partial charge in [0.15, 0.2) is 0 Å². The standard InChI is InChI=1S/C8H14O3/c1-3-7(9)5-6-11-8(10)4-2/h4,7,9H,2-3,5-6H2,1H3. The maximum absolute atomic E-state index is 10.5. The van der Waals surface area contributed by atoms with Crippen molar-refractivity contribution in [3.63, 3.8) is 0 Å². The molecule has 0 aliphatic carbocycles. The van der Waals surface area contributed by atoms with E-state index in [1.165, 1.54) is 0 Å². The van der Waals surface area contributed by atoms with Gasteiger partial charge in [-0.15, -0.1) is 0 Å². The van der Waals surface area contributed by atoms with Crippen LogP contribution in [0.5, 0.6) is 0 Å². The Morgan fingerprint density at radius 3 is 2.91 bits per heavy atom. The number of carbonyl (C=O) groups is 1.